The van der Waals surface area contributed by atoms with Crippen LogP contribution >= 0.6 is 0 Å². The molecule has 1 aliphatic carbocycles. The van der Waals surface area contributed by atoms with Crippen molar-refractivity contribution in [3.63, 3.8) is 0 Å². The molecule has 0 bridgehead atoms. The summed E-state index contributed by atoms with van der Waals surface area (Å²) in [7, 11) is -1.33. The summed E-state index contributed by atoms with van der Waals surface area (Å²) < 4.78 is 25.6. The molecule has 2 rings (SSSR count). The van der Waals surface area contributed by atoms with E-state index in [4.69, 9.17) is 0 Å². The molecule has 1 N–H and O–H groups in total. The Morgan fingerprint density at radius 1 is 1.44 bits per heavy atom. The second-order valence-electron chi connectivity index (χ2n) is 5.33. The minimum absolute atomic E-state index is 0.170. The van der Waals surface area contributed by atoms with Crippen LogP contribution in [0, 0.1) is 11.8 Å². The fraction of sp³-hybridized carbons (Fsp3) is 1.00. The fourth-order valence-electron chi connectivity index (χ4n) is 2.38. The second kappa shape index (κ2) is 4.63. The van der Waals surface area contributed by atoms with Crippen LogP contribution in [0.4, 0.5) is 0 Å². The smallest absolute Gasteiger partial charge is 0.215 e. The van der Waals surface area contributed by atoms with E-state index in [-0.39, 0.29) is 11.8 Å². The lowest BCUT2D eigenvalue weighted by Crippen LogP contribution is -2.38. The van der Waals surface area contributed by atoms with Gasteiger partial charge >= 0.3 is 0 Å². The Morgan fingerprint density at radius 3 is 2.62 bits per heavy atom. The molecule has 0 spiro atoms. The first-order valence-corrected chi connectivity index (χ1v) is 7.77. The van der Waals surface area contributed by atoms with Crippen molar-refractivity contribution >= 4 is 10.0 Å². The molecule has 0 aromatic heterocycles. The monoisotopic (exact) mass is 246 g/mol. The Balaban J connectivity index is 1.84. The van der Waals surface area contributed by atoms with Gasteiger partial charge in [-0.25, -0.2) is 12.7 Å². The molecule has 2 aliphatic rings. The number of hydrogen-bond acceptors (Lipinski definition) is 3. The normalized spacial score (nSPS) is 34.6. The maximum atomic E-state index is 12.0. The zero-order valence-electron chi connectivity index (χ0n) is 10.1. The van der Waals surface area contributed by atoms with Crippen LogP contribution < -0.4 is 5.32 Å². The van der Waals surface area contributed by atoms with Gasteiger partial charge in [0.25, 0.3) is 0 Å². The summed E-state index contributed by atoms with van der Waals surface area (Å²) in [5, 5.41) is 3.24. The number of nitrogens with one attached hydrogen (secondary N) is 1. The van der Waals surface area contributed by atoms with E-state index in [1.54, 1.807) is 11.4 Å². The van der Waals surface area contributed by atoms with E-state index in [1.807, 2.05) is 0 Å². The summed E-state index contributed by atoms with van der Waals surface area (Å²) in [6.45, 7) is 3.85. The van der Waals surface area contributed by atoms with Gasteiger partial charge in [0.05, 0.1) is 5.75 Å². The summed E-state index contributed by atoms with van der Waals surface area (Å²) in [5.74, 6) is 1.57. The van der Waals surface area contributed by atoms with E-state index < -0.39 is 10.0 Å². The number of rotatable bonds is 5. The summed E-state index contributed by atoms with van der Waals surface area (Å²) in [6, 6.07) is 0.170. The summed E-state index contributed by atoms with van der Waals surface area (Å²) in [5.41, 5.74) is 0. The summed E-state index contributed by atoms with van der Waals surface area (Å²) in [6.07, 6.45) is 3.28. The van der Waals surface area contributed by atoms with E-state index in [0.29, 0.717) is 18.4 Å². The molecule has 0 aromatic carbocycles. The second-order valence-corrected chi connectivity index (χ2v) is 7.45. The van der Waals surface area contributed by atoms with Crippen molar-refractivity contribution in [1.29, 1.82) is 0 Å². The number of nitrogens with zero attached hydrogens (tertiary/aromatic N) is 1. The highest BCUT2D eigenvalue weighted by molar-refractivity contribution is 7.89. The van der Waals surface area contributed by atoms with Gasteiger partial charge in [0, 0.05) is 19.6 Å². The standard InChI is InChI=1S/C11H22N2O2S/c1-9-6-10(9)7-13(2)16(14,15)8-11-4-3-5-12-11/h9-12H,3-8H2,1-2H3. The molecule has 3 atom stereocenters. The molecule has 1 saturated carbocycles. The minimum Gasteiger partial charge on any atom is -0.313 e. The maximum Gasteiger partial charge on any atom is 0.215 e. The van der Waals surface area contributed by atoms with Crippen molar-refractivity contribution < 1.29 is 8.42 Å². The Bertz CT molecular complexity index is 336. The highest BCUT2D eigenvalue weighted by atomic mass is 32.2. The molecule has 0 aromatic rings. The third kappa shape index (κ3) is 2.96. The van der Waals surface area contributed by atoms with Crippen LogP contribution in [0.2, 0.25) is 0 Å². The Kier molecular flexibility index (Phi) is 3.56. The molecule has 0 radical (unpaired) electrons. The number of sulfonamides is 1. The summed E-state index contributed by atoms with van der Waals surface area (Å²) >= 11 is 0. The lowest BCUT2D eigenvalue weighted by Gasteiger charge is -2.19. The highest BCUT2D eigenvalue weighted by Gasteiger charge is 2.36. The van der Waals surface area contributed by atoms with Crippen LogP contribution in [-0.2, 0) is 10.0 Å². The fourth-order valence-corrected chi connectivity index (χ4v) is 3.84. The molecule has 1 saturated heterocycles. The molecule has 16 heavy (non-hydrogen) atoms. The predicted octanol–water partition coefficient (Wildman–Crippen LogP) is 0.656. The molecule has 0 amide bonds. The molecule has 1 aliphatic heterocycles. The van der Waals surface area contributed by atoms with Gasteiger partial charge in [0.1, 0.15) is 0 Å². The van der Waals surface area contributed by atoms with Gasteiger partial charge in [-0.2, -0.15) is 0 Å². The van der Waals surface area contributed by atoms with Crippen LogP contribution in [0.15, 0.2) is 0 Å². The lowest BCUT2D eigenvalue weighted by molar-refractivity contribution is 0.439. The third-order valence-corrected chi connectivity index (χ3v) is 5.74. The van der Waals surface area contributed by atoms with E-state index in [0.717, 1.165) is 19.4 Å². The van der Waals surface area contributed by atoms with E-state index in [2.05, 4.69) is 12.2 Å². The molecule has 5 heteroatoms. The Labute approximate surface area is 98.4 Å². The predicted molar refractivity (Wildman–Crippen MR) is 64.7 cm³/mol. The van der Waals surface area contributed by atoms with E-state index in [1.165, 1.54) is 6.42 Å². The van der Waals surface area contributed by atoms with Gasteiger partial charge in [0.15, 0.2) is 0 Å². The zero-order valence-corrected chi connectivity index (χ0v) is 11.0. The van der Waals surface area contributed by atoms with Gasteiger partial charge in [-0.15, -0.1) is 0 Å². The van der Waals surface area contributed by atoms with Crippen molar-refractivity contribution in [2.45, 2.75) is 32.2 Å². The van der Waals surface area contributed by atoms with Crippen LogP contribution in [-0.4, -0.2) is 44.7 Å². The van der Waals surface area contributed by atoms with Gasteiger partial charge in [0.2, 0.25) is 10.0 Å². The Morgan fingerprint density at radius 2 is 2.12 bits per heavy atom. The zero-order chi connectivity index (χ0) is 11.8. The average molecular weight is 246 g/mol. The topological polar surface area (TPSA) is 49.4 Å². The molecular weight excluding hydrogens is 224 g/mol. The van der Waals surface area contributed by atoms with Crippen molar-refractivity contribution in [2.24, 2.45) is 11.8 Å². The van der Waals surface area contributed by atoms with E-state index >= 15 is 0 Å². The Hall–Kier alpha value is -0.130. The molecule has 1 heterocycles. The molecule has 94 valence electrons. The maximum absolute atomic E-state index is 12.0. The number of hydrogen-bond donors (Lipinski definition) is 1. The largest absolute Gasteiger partial charge is 0.313 e. The van der Waals surface area contributed by atoms with E-state index in [9.17, 15) is 8.42 Å². The van der Waals surface area contributed by atoms with Gasteiger partial charge in [-0.3, -0.25) is 0 Å². The van der Waals surface area contributed by atoms with Gasteiger partial charge in [-0.05, 0) is 37.6 Å². The highest BCUT2D eigenvalue weighted by Crippen LogP contribution is 2.38. The van der Waals surface area contributed by atoms with Crippen molar-refractivity contribution in [3.05, 3.63) is 0 Å². The van der Waals surface area contributed by atoms with Crippen LogP contribution in [0.25, 0.3) is 0 Å². The molecule has 3 unspecified atom stereocenters. The first-order valence-electron chi connectivity index (χ1n) is 6.16. The van der Waals surface area contributed by atoms with Crippen LogP contribution in [0.3, 0.4) is 0 Å². The quantitative estimate of drug-likeness (QED) is 0.775. The molecule has 2 fully saturated rings. The van der Waals surface area contributed by atoms with Crippen LogP contribution in [0.5, 0.6) is 0 Å². The summed E-state index contributed by atoms with van der Waals surface area (Å²) in [4.78, 5) is 0. The minimum atomic E-state index is -3.05. The van der Waals surface area contributed by atoms with Crippen molar-refractivity contribution in [3.8, 4) is 0 Å². The molecular formula is C11H22N2O2S. The SMILES string of the molecule is CC1CC1CN(C)S(=O)(=O)CC1CCCN1. The van der Waals surface area contributed by atoms with Crippen LogP contribution in [0.1, 0.15) is 26.2 Å². The van der Waals surface area contributed by atoms with Crippen molar-refractivity contribution in [2.75, 3.05) is 25.9 Å². The average Bonchev–Trinajstić information content (AvgIpc) is 2.68. The third-order valence-electron chi connectivity index (χ3n) is 3.82. The van der Waals surface area contributed by atoms with Gasteiger partial charge in [-0.1, -0.05) is 6.92 Å². The van der Waals surface area contributed by atoms with Gasteiger partial charge < -0.3 is 5.32 Å². The van der Waals surface area contributed by atoms with Crippen molar-refractivity contribution in [1.82, 2.24) is 9.62 Å². The first-order chi connectivity index (χ1) is 7.49. The lowest BCUT2D eigenvalue weighted by atomic mass is 10.3. The molecule has 4 nitrogen and oxygen atoms in total. The first kappa shape index (κ1) is 12.3.